The molecule has 0 aromatic heterocycles. The van der Waals surface area contributed by atoms with E-state index in [0.29, 0.717) is 5.56 Å². The predicted octanol–water partition coefficient (Wildman–Crippen LogP) is 4.28. The van der Waals surface area contributed by atoms with Crippen LogP contribution in [0.2, 0.25) is 0 Å². The highest BCUT2D eigenvalue weighted by Crippen LogP contribution is 2.15. The second-order valence-corrected chi connectivity index (χ2v) is 5.50. The summed E-state index contributed by atoms with van der Waals surface area (Å²) >= 11 is 5.57. The number of hydrogen-bond donors (Lipinski definition) is 0. The molecule has 0 atom stereocenters. The second kappa shape index (κ2) is 5.10. The molecule has 0 N–H and O–H groups in total. The minimum absolute atomic E-state index is 0.0592. The molecule has 0 aliphatic heterocycles. The van der Waals surface area contributed by atoms with E-state index in [1.54, 1.807) is 0 Å². The predicted molar refractivity (Wildman–Crippen MR) is 76.7 cm³/mol. The first-order chi connectivity index (χ1) is 7.66. The minimum atomic E-state index is 0.0592. The molecule has 16 heavy (non-hydrogen) atoms. The fourth-order valence-corrected chi connectivity index (χ4v) is 1.99. The van der Waals surface area contributed by atoms with Crippen LogP contribution in [-0.2, 0) is 0 Å². The van der Waals surface area contributed by atoms with Crippen molar-refractivity contribution in [3.8, 4) is 0 Å². The van der Waals surface area contributed by atoms with Crippen molar-refractivity contribution in [2.45, 2.75) is 0 Å². The van der Waals surface area contributed by atoms with Crippen LogP contribution in [0.5, 0.6) is 0 Å². The summed E-state index contributed by atoms with van der Waals surface area (Å²) in [5.74, 6) is 0.0592. The van der Waals surface area contributed by atoms with Gasteiger partial charge in [-0.3, -0.25) is 4.79 Å². The van der Waals surface area contributed by atoms with Crippen molar-refractivity contribution in [3.05, 3.63) is 67.7 Å². The van der Waals surface area contributed by atoms with Crippen LogP contribution in [0.4, 0.5) is 0 Å². The quantitative estimate of drug-likeness (QED) is 0.556. The van der Waals surface area contributed by atoms with E-state index >= 15 is 0 Å². The first kappa shape index (κ1) is 11.8. The Morgan fingerprint density at radius 3 is 1.81 bits per heavy atom. The van der Waals surface area contributed by atoms with Crippen LogP contribution < -0.4 is 0 Å². The molecule has 2 rings (SSSR count). The fraction of sp³-hybridized carbons (Fsp3) is 0. The summed E-state index contributed by atoms with van der Waals surface area (Å²) in [5.41, 5.74) is 1.44. The van der Waals surface area contributed by atoms with Crippen LogP contribution in [0.1, 0.15) is 15.9 Å². The van der Waals surface area contributed by atoms with Crippen molar-refractivity contribution < 1.29 is 4.79 Å². The Kier molecular flexibility index (Phi) is 3.76. The maximum Gasteiger partial charge on any atom is 0.193 e. The monoisotopic (exact) mass is 386 g/mol. The SMILES string of the molecule is O=C(c1ccc(Br)cc1)c1ccc(I)cc1. The molecule has 0 aliphatic rings. The van der Waals surface area contributed by atoms with Gasteiger partial charge in [-0.2, -0.15) is 0 Å². The van der Waals surface area contributed by atoms with Gasteiger partial charge in [0.15, 0.2) is 5.78 Å². The van der Waals surface area contributed by atoms with E-state index in [2.05, 4.69) is 38.5 Å². The molecule has 0 amide bonds. The summed E-state index contributed by atoms with van der Waals surface area (Å²) in [5, 5.41) is 0. The number of benzene rings is 2. The average Bonchev–Trinajstić information content (AvgIpc) is 2.30. The van der Waals surface area contributed by atoms with Gasteiger partial charge in [0.05, 0.1) is 0 Å². The molecule has 0 bridgehead atoms. The van der Waals surface area contributed by atoms with Crippen LogP contribution in [0.15, 0.2) is 53.0 Å². The van der Waals surface area contributed by atoms with E-state index in [-0.39, 0.29) is 5.78 Å². The van der Waals surface area contributed by atoms with E-state index < -0.39 is 0 Å². The molecule has 0 heterocycles. The lowest BCUT2D eigenvalue weighted by Gasteiger charge is -2.01. The van der Waals surface area contributed by atoms with Crippen molar-refractivity contribution in [3.63, 3.8) is 0 Å². The standard InChI is InChI=1S/C13H8BrIO/c14-11-5-1-9(2-6-11)13(16)10-3-7-12(15)8-4-10/h1-8H. The van der Waals surface area contributed by atoms with E-state index in [4.69, 9.17) is 0 Å². The van der Waals surface area contributed by atoms with Gasteiger partial charge in [0.2, 0.25) is 0 Å². The lowest BCUT2D eigenvalue weighted by Crippen LogP contribution is -2.00. The van der Waals surface area contributed by atoms with Crippen molar-refractivity contribution in [1.29, 1.82) is 0 Å². The minimum Gasteiger partial charge on any atom is -0.289 e. The lowest BCUT2D eigenvalue weighted by molar-refractivity contribution is 0.103. The van der Waals surface area contributed by atoms with Crippen LogP contribution in [0.3, 0.4) is 0 Å². The number of carbonyl (C=O) groups is 1. The van der Waals surface area contributed by atoms with E-state index in [1.165, 1.54) is 0 Å². The van der Waals surface area contributed by atoms with Gasteiger partial charge in [-0.05, 0) is 71.1 Å². The third-order valence-corrected chi connectivity index (χ3v) is 3.46. The molecular weight excluding hydrogens is 379 g/mol. The Balaban J connectivity index is 2.32. The maximum atomic E-state index is 12.1. The van der Waals surface area contributed by atoms with Crippen molar-refractivity contribution in [1.82, 2.24) is 0 Å². The Bertz CT molecular complexity index is 455. The van der Waals surface area contributed by atoms with Gasteiger partial charge in [-0.15, -0.1) is 0 Å². The number of rotatable bonds is 2. The summed E-state index contributed by atoms with van der Waals surface area (Å²) in [6, 6.07) is 15.0. The third kappa shape index (κ3) is 2.71. The molecule has 0 spiro atoms. The molecule has 2 aromatic carbocycles. The Morgan fingerprint density at radius 1 is 0.875 bits per heavy atom. The normalized spacial score (nSPS) is 10.1. The molecule has 1 nitrogen and oxygen atoms in total. The topological polar surface area (TPSA) is 17.1 Å². The zero-order valence-corrected chi connectivity index (χ0v) is 12.0. The average molecular weight is 387 g/mol. The molecule has 0 aliphatic carbocycles. The van der Waals surface area contributed by atoms with Crippen molar-refractivity contribution in [2.75, 3.05) is 0 Å². The van der Waals surface area contributed by atoms with E-state index in [0.717, 1.165) is 13.6 Å². The maximum absolute atomic E-state index is 12.1. The fourth-order valence-electron chi connectivity index (χ4n) is 1.37. The number of ketones is 1. The molecule has 80 valence electrons. The number of halogens is 2. The molecule has 0 fully saturated rings. The van der Waals surface area contributed by atoms with Crippen LogP contribution in [-0.4, -0.2) is 5.78 Å². The molecular formula is C13H8BrIO. The first-order valence-corrected chi connectivity index (χ1v) is 6.60. The van der Waals surface area contributed by atoms with E-state index in [1.807, 2.05) is 48.5 Å². The summed E-state index contributed by atoms with van der Waals surface area (Å²) in [6.45, 7) is 0. The van der Waals surface area contributed by atoms with Crippen LogP contribution in [0.25, 0.3) is 0 Å². The molecule has 0 saturated heterocycles. The van der Waals surface area contributed by atoms with Crippen molar-refractivity contribution >= 4 is 44.3 Å². The summed E-state index contributed by atoms with van der Waals surface area (Å²) < 4.78 is 2.11. The largest absolute Gasteiger partial charge is 0.289 e. The highest BCUT2D eigenvalue weighted by Gasteiger charge is 2.07. The van der Waals surface area contributed by atoms with Crippen LogP contribution in [0, 0.1) is 3.57 Å². The summed E-state index contributed by atoms with van der Waals surface area (Å²) in [4.78, 5) is 12.1. The first-order valence-electron chi connectivity index (χ1n) is 4.72. The molecule has 3 heteroatoms. The van der Waals surface area contributed by atoms with Gasteiger partial charge in [0, 0.05) is 19.2 Å². The molecule has 0 unspecified atom stereocenters. The van der Waals surface area contributed by atoms with Gasteiger partial charge < -0.3 is 0 Å². The third-order valence-electron chi connectivity index (χ3n) is 2.21. The van der Waals surface area contributed by atoms with Gasteiger partial charge in [0.1, 0.15) is 0 Å². The number of hydrogen-bond acceptors (Lipinski definition) is 1. The smallest absolute Gasteiger partial charge is 0.193 e. The van der Waals surface area contributed by atoms with Gasteiger partial charge in [0.25, 0.3) is 0 Å². The highest BCUT2D eigenvalue weighted by molar-refractivity contribution is 14.1. The Hall–Kier alpha value is -0.680. The van der Waals surface area contributed by atoms with E-state index in [9.17, 15) is 4.79 Å². The lowest BCUT2D eigenvalue weighted by atomic mass is 10.0. The Morgan fingerprint density at radius 2 is 1.31 bits per heavy atom. The zero-order chi connectivity index (χ0) is 11.5. The zero-order valence-electron chi connectivity index (χ0n) is 8.28. The van der Waals surface area contributed by atoms with Gasteiger partial charge >= 0.3 is 0 Å². The summed E-state index contributed by atoms with van der Waals surface area (Å²) in [7, 11) is 0. The van der Waals surface area contributed by atoms with Crippen molar-refractivity contribution in [2.24, 2.45) is 0 Å². The van der Waals surface area contributed by atoms with Crippen LogP contribution >= 0.6 is 38.5 Å². The Labute approximate surface area is 116 Å². The van der Waals surface area contributed by atoms with Gasteiger partial charge in [-0.25, -0.2) is 0 Å². The summed E-state index contributed by atoms with van der Waals surface area (Å²) in [6.07, 6.45) is 0. The highest BCUT2D eigenvalue weighted by atomic mass is 127. The number of carbonyl (C=O) groups excluding carboxylic acids is 1. The van der Waals surface area contributed by atoms with Gasteiger partial charge in [-0.1, -0.05) is 15.9 Å². The molecule has 2 aromatic rings. The molecule has 0 saturated carbocycles. The second-order valence-electron chi connectivity index (χ2n) is 3.34. The molecule has 0 radical (unpaired) electrons.